The Morgan fingerprint density at radius 3 is 2.69 bits per heavy atom. The fourth-order valence-electron chi connectivity index (χ4n) is 4.62. The van der Waals surface area contributed by atoms with Crippen molar-refractivity contribution >= 4 is 45.9 Å². The van der Waals surface area contributed by atoms with Crippen LogP contribution < -0.4 is 22.1 Å². The summed E-state index contributed by atoms with van der Waals surface area (Å²) in [5, 5.41) is 8.37. The van der Waals surface area contributed by atoms with E-state index in [4.69, 9.17) is 23.1 Å². The van der Waals surface area contributed by atoms with Gasteiger partial charge in [0, 0.05) is 47.1 Å². The van der Waals surface area contributed by atoms with Gasteiger partial charge in [-0.1, -0.05) is 42.6 Å². The number of aromatic nitrogens is 3. The average molecular weight is 490 g/mol. The van der Waals surface area contributed by atoms with Gasteiger partial charge in [0.05, 0.1) is 5.52 Å². The summed E-state index contributed by atoms with van der Waals surface area (Å²) in [6, 6.07) is 16.0. The lowest BCUT2D eigenvalue weighted by molar-refractivity contribution is 0.100. The first-order valence-electron chi connectivity index (χ1n) is 11.8. The lowest BCUT2D eigenvalue weighted by Gasteiger charge is -2.29. The summed E-state index contributed by atoms with van der Waals surface area (Å²) in [4.78, 5) is 21.0. The standard InChI is InChI=1S/C26H28ClN7O/c27-17-10-8-16(9-11-17)15-34-13-12-18-21(6-3-7-23(18)34)31-25-19(24(29)35)14-30-26(33-25)32-22-5-2-1-4-20(22)28/h3,6-14,20,22H,1-2,4-5,15,28H2,(H2,29,35)(H2,30,31,32,33). The van der Waals surface area contributed by atoms with Crippen LogP contribution in [0.15, 0.2) is 60.9 Å². The van der Waals surface area contributed by atoms with Gasteiger partial charge in [-0.05, 0) is 48.7 Å². The molecule has 9 heteroatoms. The third kappa shape index (κ3) is 5.08. The Balaban J connectivity index is 1.44. The molecule has 6 N–H and O–H groups in total. The second-order valence-electron chi connectivity index (χ2n) is 8.95. The number of carbonyl (C=O) groups excluding carboxylic acids is 1. The highest BCUT2D eigenvalue weighted by atomic mass is 35.5. The van der Waals surface area contributed by atoms with Crippen LogP contribution in [0.5, 0.6) is 0 Å². The molecule has 0 radical (unpaired) electrons. The highest BCUT2D eigenvalue weighted by molar-refractivity contribution is 6.30. The van der Waals surface area contributed by atoms with Crippen LogP contribution in [0.4, 0.5) is 17.5 Å². The van der Waals surface area contributed by atoms with Crippen molar-refractivity contribution in [1.29, 1.82) is 0 Å². The van der Waals surface area contributed by atoms with E-state index in [-0.39, 0.29) is 17.6 Å². The summed E-state index contributed by atoms with van der Waals surface area (Å²) in [6.45, 7) is 0.708. The molecule has 0 spiro atoms. The van der Waals surface area contributed by atoms with E-state index in [1.54, 1.807) is 0 Å². The molecule has 1 fully saturated rings. The molecule has 1 amide bonds. The van der Waals surface area contributed by atoms with Gasteiger partial charge >= 0.3 is 0 Å². The number of hydrogen-bond donors (Lipinski definition) is 4. The second kappa shape index (κ2) is 9.93. The fraction of sp³-hybridized carbons (Fsp3) is 0.269. The van der Waals surface area contributed by atoms with Crippen LogP contribution in [0.25, 0.3) is 10.9 Å². The van der Waals surface area contributed by atoms with E-state index in [0.717, 1.165) is 47.8 Å². The van der Waals surface area contributed by atoms with Crippen molar-refractivity contribution in [2.45, 2.75) is 44.3 Å². The summed E-state index contributed by atoms with van der Waals surface area (Å²) in [7, 11) is 0. The number of rotatable bonds is 7. The molecule has 2 aromatic carbocycles. The van der Waals surface area contributed by atoms with Crippen molar-refractivity contribution in [3.8, 4) is 0 Å². The Morgan fingerprint density at radius 2 is 1.91 bits per heavy atom. The van der Waals surface area contributed by atoms with Crippen LogP contribution in [0.2, 0.25) is 5.02 Å². The van der Waals surface area contributed by atoms with Crippen molar-refractivity contribution < 1.29 is 4.79 Å². The number of halogens is 1. The van der Waals surface area contributed by atoms with Crippen molar-refractivity contribution in [3.05, 3.63) is 77.1 Å². The van der Waals surface area contributed by atoms with Crippen LogP contribution in [0.1, 0.15) is 41.6 Å². The average Bonchev–Trinajstić information content (AvgIpc) is 3.26. The first-order chi connectivity index (χ1) is 17.0. The summed E-state index contributed by atoms with van der Waals surface area (Å²) in [5.74, 6) is 0.186. The third-order valence-corrected chi connectivity index (χ3v) is 6.77. The molecule has 8 nitrogen and oxygen atoms in total. The molecular weight excluding hydrogens is 462 g/mol. The lowest BCUT2D eigenvalue weighted by atomic mass is 9.91. The summed E-state index contributed by atoms with van der Waals surface area (Å²) < 4.78 is 2.16. The molecule has 4 aromatic rings. The van der Waals surface area contributed by atoms with Gasteiger partial charge in [0.1, 0.15) is 11.4 Å². The van der Waals surface area contributed by atoms with E-state index in [1.165, 1.54) is 6.20 Å². The quantitative estimate of drug-likeness (QED) is 0.299. The maximum absolute atomic E-state index is 12.1. The third-order valence-electron chi connectivity index (χ3n) is 6.52. The van der Waals surface area contributed by atoms with Gasteiger partial charge in [-0.25, -0.2) is 4.98 Å². The zero-order valence-electron chi connectivity index (χ0n) is 19.2. The van der Waals surface area contributed by atoms with Gasteiger partial charge in [-0.2, -0.15) is 4.98 Å². The van der Waals surface area contributed by atoms with Crippen LogP contribution in [0.3, 0.4) is 0 Å². The minimum atomic E-state index is -0.596. The molecule has 0 bridgehead atoms. The number of carbonyl (C=O) groups is 1. The van der Waals surface area contributed by atoms with Gasteiger partial charge < -0.3 is 26.7 Å². The molecule has 1 aliphatic carbocycles. The molecule has 1 aliphatic rings. The zero-order chi connectivity index (χ0) is 24.4. The van der Waals surface area contributed by atoms with Crippen molar-refractivity contribution in [3.63, 3.8) is 0 Å². The molecule has 5 rings (SSSR count). The first-order valence-corrected chi connectivity index (χ1v) is 12.1. The Bertz CT molecular complexity index is 1350. The van der Waals surface area contributed by atoms with E-state index in [0.29, 0.717) is 23.3 Å². The molecule has 0 saturated heterocycles. The molecule has 2 heterocycles. The number of amides is 1. The van der Waals surface area contributed by atoms with Crippen molar-refractivity contribution in [1.82, 2.24) is 14.5 Å². The van der Waals surface area contributed by atoms with E-state index in [1.807, 2.05) is 48.7 Å². The monoisotopic (exact) mass is 489 g/mol. The largest absolute Gasteiger partial charge is 0.365 e. The number of hydrogen-bond acceptors (Lipinski definition) is 6. The van der Waals surface area contributed by atoms with Gasteiger partial charge in [0.2, 0.25) is 5.95 Å². The number of fused-ring (bicyclic) bond motifs is 1. The summed E-state index contributed by atoms with van der Waals surface area (Å²) >= 11 is 6.03. The Kier molecular flexibility index (Phi) is 6.57. The predicted octanol–water partition coefficient (Wildman–Crippen LogP) is 4.66. The van der Waals surface area contributed by atoms with Gasteiger partial charge in [-0.3, -0.25) is 4.79 Å². The summed E-state index contributed by atoms with van der Waals surface area (Å²) in [6.07, 6.45) is 7.68. The van der Waals surface area contributed by atoms with E-state index in [9.17, 15) is 4.79 Å². The van der Waals surface area contributed by atoms with Crippen LogP contribution in [-0.4, -0.2) is 32.5 Å². The van der Waals surface area contributed by atoms with E-state index < -0.39 is 5.91 Å². The van der Waals surface area contributed by atoms with Gasteiger partial charge in [0.15, 0.2) is 0 Å². The number of nitrogens with one attached hydrogen (secondary N) is 2. The van der Waals surface area contributed by atoms with Crippen LogP contribution in [0, 0.1) is 0 Å². The number of benzene rings is 2. The van der Waals surface area contributed by atoms with Crippen LogP contribution in [-0.2, 0) is 6.54 Å². The fourth-order valence-corrected chi connectivity index (χ4v) is 4.74. The Hall–Kier alpha value is -3.62. The minimum Gasteiger partial charge on any atom is -0.365 e. The summed E-state index contributed by atoms with van der Waals surface area (Å²) in [5.41, 5.74) is 15.1. The number of anilines is 3. The van der Waals surface area contributed by atoms with Gasteiger partial charge in [-0.15, -0.1) is 0 Å². The van der Waals surface area contributed by atoms with Crippen molar-refractivity contribution in [2.75, 3.05) is 10.6 Å². The highest BCUT2D eigenvalue weighted by Crippen LogP contribution is 2.29. The second-order valence-corrected chi connectivity index (χ2v) is 9.39. The predicted molar refractivity (Wildman–Crippen MR) is 140 cm³/mol. The molecule has 2 aromatic heterocycles. The minimum absolute atomic E-state index is 0.0497. The molecule has 1 saturated carbocycles. The molecule has 180 valence electrons. The zero-order valence-corrected chi connectivity index (χ0v) is 20.0. The number of primary amides is 1. The normalized spacial score (nSPS) is 17.9. The molecule has 0 aliphatic heterocycles. The molecule has 2 unspecified atom stereocenters. The SMILES string of the molecule is NC(=O)c1cnc(NC2CCCCC2N)nc1Nc1cccc2c1ccn2Cc1ccc(Cl)cc1. The van der Waals surface area contributed by atoms with Crippen LogP contribution >= 0.6 is 11.6 Å². The number of nitrogens with zero attached hydrogens (tertiary/aromatic N) is 3. The molecular formula is C26H28ClN7O. The first kappa shape index (κ1) is 23.1. The van der Waals surface area contributed by atoms with Gasteiger partial charge in [0.25, 0.3) is 5.91 Å². The lowest BCUT2D eigenvalue weighted by Crippen LogP contribution is -2.43. The highest BCUT2D eigenvalue weighted by Gasteiger charge is 2.23. The van der Waals surface area contributed by atoms with E-state index >= 15 is 0 Å². The maximum Gasteiger partial charge on any atom is 0.254 e. The molecule has 2 atom stereocenters. The topological polar surface area (TPSA) is 124 Å². The number of nitrogens with two attached hydrogens (primary N) is 2. The Morgan fingerprint density at radius 1 is 1.11 bits per heavy atom. The van der Waals surface area contributed by atoms with Crippen molar-refractivity contribution in [2.24, 2.45) is 11.5 Å². The smallest absolute Gasteiger partial charge is 0.254 e. The maximum atomic E-state index is 12.1. The molecule has 35 heavy (non-hydrogen) atoms. The van der Waals surface area contributed by atoms with E-state index in [2.05, 4.69) is 31.2 Å². The Labute approximate surface area is 208 Å².